The normalized spacial score (nSPS) is 20.7. The predicted molar refractivity (Wildman–Crippen MR) is 230 cm³/mol. The molecule has 0 aliphatic carbocycles. The molecule has 0 amide bonds. The van der Waals surface area contributed by atoms with E-state index in [1.54, 1.807) is 0 Å². The molecule has 0 N–H and O–H groups in total. The predicted octanol–water partition coefficient (Wildman–Crippen LogP) is 11.5. The van der Waals surface area contributed by atoms with Crippen molar-refractivity contribution in [2.24, 2.45) is 11.8 Å². The molecule has 5 saturated heterocycles. The van der Waals surface area contributed by atoms with Crippen molar-refractivity contribution in [2.45, 2.75) is 72.1 Å². The maximum Gasteiger partial charge on any atom is 0.119 e. The monoisotopic (exact) mass is 776 g/mol. The lowest BCUT2D eigenvalue weighted by atomic mass is 10.2. The Hall–Kier alpha value is -4.50. The maximum absolute atomic E-state index is 5.40. The number of para-hydroxylation sites is 2. The molecule has 57 heavy (non-hydrogen) atoms. The summed E-state index contributed by atoms with van der Waals surface area (Å²) in [4.78, 5) is 0. The minimum atomic E-state index is 0.343. The molecule has 0 aromatic heterocycles. The molecular weight excluding hydrogens is 713 g/mol. The summed E-state index contributed by atoms with van der Waals surface area (Å²) in [5, 5.41) is 0. The van der Waals surface area contributed by atoms with E-state index in [0.717, 1.165) is 56.4 Å². The highest BCUT2D eigenvalue weighted by molar-refractivity contribution is 5.23. The van der Waals surface area contributed by atoms with Gasteiger partial charge in [-0.3, -0.25) is 0 Å². The Labute approximate surface area is 342 Å². The van der Waals surface area contributed by atoms with Gasteiger partial charge in [-0.1, -0.05) is 169 Å². The fraction of sp³-hybridized carbons (Fsp3) is 0.400. The Morgan fingerprint density at radius 1 is 0.368 bits per heavy atom. The largest absolute Gasteiger partial charge is 0.491 e. The van der Waals surface area contributed by atoms with Crippen molar-refractivity contribution >= 4 is 0 Å². The van der Waals surface area contributed by atoms with Crippen molar-refractivity contribution in [1.82, 2.24) is 0 Å². The highest BCUT2D eigenvalue weighted by Gasteiger charge is 2.25. The first-order chi connectivity index (χ1) is 27.8. The summed E-state index contributed by atoms with van der Waals surface area (Å²) in [7, 11) is 0. The lowest BCUT2D eigenvalue weighted by Gasteiger charge is -2.01. The van der Waals surface area contributed by atoms with Crippen molar-refractivity contribution in [3.63, 3.8) is 0 Å². The van der Waals surface area contributed by atoms with Crippen LogP contribution in [0.5, 0.6) is 11.5 Å². The van der Waals surface area contributed by atoms with E-state index in [1.807, 2.05) is 115 Å². The van der Waals surface area contributed by atoms with E-state index in [0.29, 0.717) is 43.7 Å². The third-order valence-electron chi connectivity index (χ3n) is 7.68. The summed E-state index contributed by atoms with van der Waals surface area (Å²) >= 11 is 0. The zero-order valence-corrected chi connectivity index (χ0v) is 34.8. The molecule has 5 aliphatic rings. The first-order valence-corrected chi connectivity index (χ1v) is 20.3. The quantitative estimate of drug-likeness (QED) is 0.138. The molecular formula is C50H64O7. The summed E-state index contributed by atoms with van der Waals surface area (Å²) < 4.78 is 36.1. The molecule has 0 bridgehead atoms. The smallest absolute Gasteiger partial charge is 0.119 e. The first-order valence-electron chi connectivity index (χ1n) is 20.3. The third-order valence-corrected chi connectivity index (χ3v) is 7.68. The van der Waals surface area contributed by atoms with Crippen LogP contribution in [0.15, 0.2) is 152 Å². The van der Waals surface area contributed by atoms with Crippen LogP contribution in [0.3, 0.4) is 0 Å². The van der Waals surface area contributed by atoms with Gasteiger partial charge in [0.25, 0.3) is 0 Å². The van der Waals surface area contributed by atoms with Gasteiger partial charge in [0.2, 0.25) is 0 Å². The Kier molecular flexibility index (Phi) is 21.0. The molecule has 5 aromatic rings. The second kappa shape index (κ2) is 26.4. The first kappa shape index (κ1) is 45.2. The van der Waals surface area contributed by atoms with Crippen LogP contribution in [-0.4, -0.2) is 58.5 Å². The van der Waals surface area contributed by atoms with Gasteiger partial charge in [0, 0.05) is 0 Å². The van der Waals surface area contributed by atoms with Gasteiger partial charge in [-0.2, -0.15) is 0 Å². The molecule has 5 aromatic carbocycles. The molecule has 7 nitrogen and oxygen atoms in total. The Morgan fingerprint density at radius 3 is 0.772 bits per heavy atom. The van der Waals surface area contributed by atoms with E-state index in [-0.39, 0.29) is 0 Å². The Bertz CT molecular complexity index is 1490. The number of benzene rings is 5. The minimum absolute atomic E-state index is 0.343. The van der Waals surface area contributed by atoms with Crippen LogP contribution in [0.4, 0.5) is 0 Å². The lowest BCUT2D eigenvalue weighted by molar-refractivity contribution is 0.263. The van der Waals surface area contributed by atoms with Gasteiger partial charge in [-0.05, 0) is 52.8 Å². The molecule has 5 fully saturated rings. The van der Waals surface area contributed by atoms with Crippen LogP contribution in [0.2, 0.25) is 0 Å². The van der Waals surface area contributed by atoms with Gasteiger partial charge in [0.1, 0.15) is 55.2 Å². The topological polar surface area (TPSA) is 81.1 Å². The van der Waals surface area contributed by atoms with Gasteiger partial charge >= 0.3 is 0 Å². The van der Waals surface area contributed by atoms with E-state index >= 15 is 0 Å². The Morgan fingerprint density at radius 2 is 0.579 bits per heavy atom. The number of ether oxygens (including phenoxy) is 7. The van der Waals surface area contributed by atoms with Crippen LogP contribution in [0.25, 0.3) is 0 Å². The molecule has 5 atom stereocenters. The SMILES string of the molecule is CC(C)C.CC(C)C.c1ccc(C2CO2)cc1.c1ccc(C2CO2)cc1.c1ccc(C2CO2)cc1.c1ccc(OCC2CO2)cc1.c1ccc(OCC2CO2)cc1. The fourth-order valence-electron chi connectivity index (χ4n) is 4.47. The van der Waals surface area contributed by atoms with Crippen LogP contribution in [0, 0.1) is 11.8 Å². The van der Waals surface area contributed by atoms with Crippen molar-refractivity contribution in [1.29, 1.82) is 0 Å². The fourth-order valence-corrected chi connectivity index (χ4v) is 4.47. The van der Waals surface area contributed by atoms with E-state index in [1.165, 1.54) is 16.7 Å². The summed E-state index contributed by atoms with van der Waals surface area (Å²) in [6.45, 7) is 18.8. The molecule has 306 valence electrons. The second-order valence-electron chi connectivity index (χ2n) is 15.3. The minimum Gasteiger partial charge on any atom is -0.491 e. The van der Waals surface area contributed by atoms with E-state index in [9.17, 15) is 0 Å². The van der Waals surface area contributed by atoms with Crippen LogP contribution in [-0.2, 0) is 23.7 Å². The second-order valence-corrected chi connectivity index (χ2v) is 15.3. The standard InChI is InChI=1S/2C9H10O2.3C8H8O.2C4H10/c2*1-2-4-8(5-3-1)10-6-9-7-11-9;3*1-2-4-7(5-3-1)8-6-9-8;2*1-4(2)3/h2*1-5,9H,6-7H2;3*1-5,8H,6H2;2*4H,1-3H3. The Balaban J connectivity index is 0.000000151. The van der Waals surface area contributed by atoms with Crippen LogP contribution < -0.4 is 9.47 Å². The molecule has 0 spiro atoms. The molecule has 5 unspecified atom stereocenters. The zero-order chi connectivity index (χ0) is 40.5. The van der Waals surface area contributed by atoms with E-state index in [2.05, 4.69) is 77.9 Å². The summed E-state index contributed by atoms with van der Waals surface area (Å²) in [5.74, 6) is 3.51. The summed E-state index contributed by atoms with van der Waals surface area (Å²) in [5.41, 5.74) is 3.91. The van der Waals surface area contributed by atoms with Gasteiger partial charge in [0.15, 0.2) is 0 Å². The molecule has 0 saturated carbocycles. The van der Waals surface area contributed by atoms with Gasteiger partial charge in [-0.15, -0.1) is 0 Å². The number of rotatable bonds is 9. The molecule has 5 heterocycles. The van der Waals surface area contributed by atoms with Crippen molar-refractivity contribution in [3.8, 4) is 11.5 Å². The van der Waals surface area contributed by atoms with Crippen molar-refractivity contribution in [3.05, 3.63) is 168 Å². The average Bonchev–Trinajstić information content (AvgIpc) is 4.04. The van der Waals surface area contributed by atoms with Crippen LogP contribution >= 0.6 is 0 Å². The van der Waals surface area contributed by atoms with Crippen LogP contribution in [0.1, 0.15) is 76.5 Å². The molecule has 0 radical (unpaired) electrons. The van der Waals surface area contributed by atoms with Crippen molar-refractivity contribution < 1.29 is 33.2 Å². The molecule has 7 heteroatoms. The van der Waals surface area contributed by atoms with E-state index in [4.69, 9.17) is 33.2 Å². The number of epoxide rings is 5. The molecule has 10 rings (SSSR count). The number of hydrogen-bond donors (Lipinski definition) is 0. The number of hydrogen-bond acceptors (Lipinski definition) is 7. The third kappa shape index (κ3) is 24.0. The highest BCUT2D eigenvalue weighted by Crippen LogP contribution is 2.30. The highest BCUT2D eigenvalue weighted by atomic mass is 16.6. The van der Waals surface area contributed by atoms with Gasteiger partial charge in [0.05, 0.1) is 33.0 Å². The summed E-state index contributed by atoms with van der Waals surface area (Å²) in [6, 6.07) is 50.4. The molecule has 5 aliphatic heterocycles. The van der Waals surface area contributed by atoms with Gasteiger partial charge < -0.3 is 33.2 Å². The lowest BCUT2D eigenvalue weighted by Crippen LogP contribution is -2.03. The average molecular weight is 777 g/mol. The zero-order valence-electron chi connectivity index (χ0n) is 34.8. The van der Waals surface area contributed by atoms with E-state index < -0.39 is 0 Å². The maximum atomic E-state index is 5.40. The van der Waals surface area contributed by atoms with Gasteiger partial charge in [-0.25, -0.2) is 0 Å². The summed E-state index contributed by atoms with van der Waals surface area (Å²) in [6.07, 6.45) is 1.91. The van der Waals surface area contributed by atoms with Crippen molar-refractivity contribution in [2.75, 3.05) is 46.2 Å².